The van der Waals surface area contributed by atoms with Crippen LogP contribution in [0.4, 0.5) is 0 Å². The summed E-state index contributed by atoms with van der Waals surface area (Å²) in [5, 5.41) is 9.90. The number of halogens is 4. The highest BCUT2D eigenvalue weighted by Gasteiger charge is 2.18. The maximum Gasteiger partial charge on any atom is 0.337 e. The molecule has 0 amide bonds. The highest BCUT2D eigenvalue weighted by atomic mass is 79.9. The van der Waals surface area contributed by atoms with Gasteiger partial charge in [0.2, 0.25) is 0 Å². The molecule has 2 aromatic rings. The highest BCUT2D eigenvalue weighted by Crippen LogP contribution is 2.31. The molecule has 0 radical (unpaired) electrons. The molecule has 3 nitrogen and oxygen atoms in total. The van der Waals surface area contributed by atoms with Crippen LogP contribution in [0.3, 0.4) is 0 Å². The first-order chi connectivity index (χ1) is 9.40. The van der Waals surface area contributed by atoms with Gasteiger partial charge in [0.05, 0.1) is 10.6 Å². The maximum absolute atomic E-state index is 11.2. The van der Waals surface area contributed by atoms with E-state index in [1.807, 2.05) is 6.07 Å². The average molecular weight is 395 g/mol. The Morgan fingerprint density at radius 2 is 2.00 bits per heavy atom. The lowest BCUT2D eigenvalue weighted by Gasteiger charge is -2.11. The molecule has 2 rings (SSSR count). The molecule has 20 heavy (non-hydrogen) atoms. The topological polar surface area (TPSA) is 50.2 Å². The van der Waals surface area contributed by atoms with Crippen LogP contribution in [0.15, 0.2) is 28.9 Å². The van der Waals surface area contributed by atoms with Crippen molar-refractivity contribution in [1.82, 2.24) is 4.98 Å². The Hall–Kier alpha value is -0.810. The number of hydrogen-bond acceptors (Lipinski definition) is 2. The molecule has 0 saturated heterocycles. The Kier molecular flexibility index (Phi) is 4.91. The number of carboxylic acid groups (broad SMARTS) is 1. The van der Waals surface area contributed by atoms with Gasteiger partial charge in [-0.05, 0) is 23.3 Å². The molecule has 0 aliphatic carbocycles. The van der Waals surface area contributed by atoms with E-state index in [9.17, 15) is 9.90 Å². The number of nitrogens with zero attached hydrogens (tertiary/aromatic N) is 1. The number of hydrogen-bond donors (Lipinski definition) is 1. The van der Waals surface area contributed by atoms with Crippen molar-refractivity contribution in [3.8, 4) is 0 Å². The second-order valence-corrected chi connectivity index (χ2v) is 6.03. The van der Waals surface area contributed by atoms with Crippen LogP contribution >= 0.6 is 50.7 Å². The summed E-state index contributed by atoms with van der Waals surface area (Å²) in [6.45, 7) is 0. The first kappa shape index (κ1) is 15.6. The van der Waals surface area contributed by atoms with Gasteiger partial charge in [-0.15, -0.1) is 0 Å². The summed E-state index contributed by atoms with van der Waals surface area (Å²) < 4.78 is 0.837. The molecular weight excluding hydrogens is 388 g/mol. The van der Waals surface area contributed by atoms with E-state index in [4.69, 9.17) is 34.8 Å². The van der Waals surface area contributed by atoms with Crippen LogP contribution in [-0.2, 0) is 6.42 Å². The molecule has 1 N–H and O–H groups in total. The molecule has 1 aromatic heterocycles. The Balaban J connectivity index is 2.52. The fourth-order valence-corrected chi connectivity index (χ4v) is 2.83. The van der Waals surface area contributed by atoms with Crippen LogP contribution in [0.5, 0.6) is 0 Å². The van der Waals surface area contributed by atoms with Gasteiger partial charge in [-0.25, -0.2) is 9.78 Å². The molecule has 0 aliphatic heterocycles. The molecule has 104 valence electrons. The van der Waals surface area contributed by atoms with Crippen molar-refractivity contribution in [2.24, 2.45) is 0 Å². The van der Waals surface area contributed by atoms with E-state index in [2.05, 4.69) is 20.9 Å². The van der Waals surface area contributed by atoms with Crippen LogP contribution in [0.1, 0.15) is 21.5 Å². The van der Waals surface area contributed by atoms with E-state index >= 15 is 0 Å². The summed E-state index contributed by atoms with van der Waals surface area (Å²) in [6, 6.07) is 5.34. The monoisotopic (exact) mass is 393 g/mol. The van der Waals surface area contributed by atoms with Gasteiger partial charge in [-0.2, -0.15) is 0 Å². The lowest BCUT2D eigenvalue weighted by Crippen LogP contribution is -2.06. The van der Waals surface area contributed by atoms with Crippen LogP contribution in [0, 0.1) is 0 Å². The number of aromatic nitrogens is 1. The summed E-state index contributed by atoms with van der Waals surface area (Å²) in [5.74, 6) is -1.11. The molecule has 0 fully saturated rings. The number of rotatable bonds is 3. The predicted octanol–water partition coefficient (Wildman–Crippen LogP) is 5.09. The second kappa shape index (κ2) is 6.31. The Morgan fingerprint density at radius 3 is 2.60 bits per heavy atom. The molecule has 0 bridgehead atoms. The highest BCUT2D eigenvalue weighted by molar-refractivity contribution is 9.10. The largest absolute Gasteiger partial charge is 0.478 e. The summed E-state index contributed by atoms with van der Waals surface area (Å²) in [6.07, 6.45) is 1.45. The van der Waals surface area contributed by atoms with Gasteiger partial charge >= 0.3 is 5.97 Å². The molecule has 7 heteroatoms. The Labute approximate surface area is 138 Å². The van der Waals surface area contributed by atoms with Crippen molar-refractivity contribution < 1.29 is 9.90 Å². The Morgan fingerprint density at radius 1 is 1.30 bits per heavy atom. The van der Waals surface area contributed by atoms with E-state index < -0.39 is 5.97 Å². The molecule has 0 saturated carbocycles. The van der Waals surface area contributed by atoms with E-state index in [1.54, 1.807) is 12.1 Å². The number of carbonyl (C=O) groups is 1. The van der Waals surface area contributed by atoms with Crippen molar-refractivity contribution in [3.63, 3.8) is 0 Å². The molecule has 1 heterocycles. The van der Waals surface area contributed by atoms with Crippen molar-refractivity contribution >= 4 is 56.7 Å². The first-order valence-corrected chi connectivity index (χ1v) is 7.33. The maximum atomic E-state index is 11.2. The lowest BCUT2D eigenvalue weighted by molar-refractivity contribution is 0.0695. The van der Waals surface area contributed by atoms with E-state index in [-0.39, 0.29) is 22.2 Å². The number of benzene rings is 1. The molecule has 0 atom stereocenters. The normalized spacial score (nSPS) is 10.6. The van der Waals surface area contributed by atoms with Gasteiger partial charge in [0.1, 0.15) is 5.15 Å². The van der Waals surface area contributed by atoms with E-state index in [0.29, 0.717) is 10.6 Å². The van der Waals surface area contributed by atoms with Gasteiger partial charge in [0, 0.05) is 22.1 Å². The summed E-state index contributed by atoms with van der Waals surface area (Å²) in [4.78, 5) is 15.0. The zero-order chi connectivity index (χ0) is 14.9. The third kappa shape index (κ3) is 3.26. The van der Waals surface area contributed by atoms with E-state index in [0.717, 1.165) is 10.0 Å². The van der Waals surface area contributed by atoms with Crippen LogP contribution in [0.25, 0.3) is 0 Å². The molecule has 1 aromatic carbocycles. The van der Waals surface area contributed by atoms with E-state index in [1.165, 1.54) is 6.20 Å². The minimum atomic E-state index is -1.11. The minimum Gasteiger partial charge on any atom is -0.478 e. The standard InChI is InChI=1S/C13H7BrCl3NO2/c14-7-2-1-6(10(15)4-7)3-8-9(13(19)20)5-18-12(17)11(8)16/h1-2,4-5H,3H2,(H,19,20). The van der Waals surface area contributed by atoms with Crippen molar-refractivity contribution in [1.29, 1.82) is 0 Å². The molecule has 0 aliphatic rings. The van der Waals surface area contributed by atoms with Gasteiger partial charge in [-0.3, -0.25) is 0 Å². The number of aromatic carboxylic acids is 1. The number of pyridine rings is 1. The molecule has 0 spiro atoms. The smallest absolute Gasteiger partial charge is 0.337 e. The van der Waals surface area contributed by atoms with Crippen molar-refractivity contribution in [3.05, 3.63) is 60.8 Å². The van der Waals surface area contributed by atoms with Crippen molar-refractivity contribution in [2.75, 3.05) is 0 Å². The zero-order valence-electron chi connectivity index (χ0n) is 9.83. The first-order valence-electron chi connectivity index (χ1n) is 5.40. The van der Waals surface area contributed by atoms with Crippen LogP contribution < -0.4 is 0 Å². The number of carboxylic acids is 1. The van der Waals surface area contributed by atoms with Gasteiger partial charge in [-0.1, -0.05) is 56.8 Å². The summed E-state index contributed by atoms with van der Waals surface area (Å²) in [7, 11) is 0. The van der Waals surface area contributed by atoms with Crippen LogP contribution in [-0.4, -0.2) is 16.1 Å². The third-order valence-corrected chi connectivity index (χ3v) is 4.33. The molecule has 0 unspecified atom stereocenters. The second-order valence-electron chi connectivity index (χ2n) is 3.97. The predicted molar refractivity (Wildman–Crippen MR) is 83.2 cm³/mol. The fraction of sp³-hybridized carbons (Fsp3) is 0.0769. The quantitative estimate of drug-likeness (QED) is 0.736. The van der Waals surface area contributed by atoms with Crippen molar-refractivity contribution in [2.45, 2.75) is 6.42 Å². The average Bonchev–Trinajstić information content (AvgIpc) is 2.37. The minimum absolute atomic E-state index is 0.0124. The third-order valence-electron chi connectivity index (χ3n) is 2.69. The SMILES string of the molecule is O=C(O)c1cnc(Cl)c(Cl)c1Cc1ccc(Br)cc1Cl. The zero-order valence-corrected chi connectivity index (χ0v) is 13.7. The summed E-state index contributed by atoms with van der Waals surface area (Å²) in [5.41, 5.74) is 1.16. The molecular formula is C13H7BrCl3NO2. The fourth-order valence-electron chi connectivity index (χ4n) is 1.71. The van der Waals surface area contributed by atoms with Crippen LogP contribution in [0.2, 0.25) is 15.2 Å². The van der Waals surface area contributed by atoms with Gasteiger partial charge in [0.25, 0.3) is 0 Å². The Bertz CT molecular complexity index is 692. The summed E-state index contributed by atoms with van der Waals surface area (Å²) >= 11 is 21.4. The van der Waals surface area contributed by atoms with Gasteiger partial charge < -0.3 is 5.11 Å². The van der Waals surface area contributed by atoms with Gasteiger partial charge in [0.15, 0.2) is 0 Å². The lowest BCUT2D eigenvalue weighted by atomic mass is 10.0.